The molecule has 0 aliphatic rings. The highest BCUT2D eigenvalue weighted by atomic mass is 32.2. The summed E-state index contributed by atoms with van der Waals surface area (Å²) in [7, 11) is -3.40. The summed E-state index contributed by atoms with van der Waals surface area (Å²) in [6.07, 6.45) is 1.47. The van der Waals surface area contributed by atoms with Gasteiger partial charge in [0.1, 0.15) is 18.2 Å². The Kier molecular flexibility index (Phi) is 7.41. The Morgan fingerprint density at radius 3 is 2.50 bits per heavy atom. The van der Waals surface area contributed by atoms with E-state index < -0.39 is 27.6 Å². The van der Waals surface area contributed by atoms with Crippen LogP contribution in [0.25, 0.3) is 34.0 Å². The molecule has 0 saturated heterocycles. The van der Waals surface area contributed by atoms with Crippen molar-refractivity contribution in [1.29, 1.82) is 0 Å². The summed E-state index contributed by atoms with van der Waals surface area (Å²) >= 11 is 0. The zero-order chi connectivity index (χ0) is 25.9. The molecule has 8 nitrogen and oxygen atoms in total. The average Bonchev–Trinajstić information content (AvgIpc) is 3.34. The molecule has 4 rings (SSSR count). The van der Waals surface area contributed by atoms with Crippen molar-refractivity contribution in [3.8, 4) is 34.0 Å². The van der Waals surface area contributed by atoms with Gasteiger partial charge in [-0.1, -0.05) is 23.4 Å². The summed E-state index contributed by atoms with van der Waals surface area (Å²) in [5, 5.41) is 6.29. The van der Waals surface area contributed by atoms with Gasteiger partial charge >= 0.3 is 0 Å². The van der Waals surface area contributed by atoms with Crippen molar-refractivity contribution < 1.29 is 21.7 Å². The Labute approximate surface area is 207 Å². The standard InChI is InChI=1S/C25H25F2N5O3S/c1-15(2)36(33,34)18-6-4-17(5-7-18)22-14-30-25(28)24(31-22)23-12-21(32-35-23)19-8-3-16(11-20(19)27)13-29-10-9-26/h3-8,11-12,14-15,29H,9-10,13H2,1-2H3,(H2,28,30). The summed E-state index contributed by atoms with van der Waals surface area (Å²) in [5.74, 6) is -0.210. The molecule has 3 N–H and O–H groups in total. The van der Waals surface area contributed by atoms with E-state index in [0.717, 1.165) is 0 Å². The molecule has 2 aromatic carbocycles. The maximum Gasteiger partial charge on any atom is 0.189 e. The van der Waals surface area contributed by atoms with Crippen LogP contribution in [0.2, 0.25) is 0 Å². The smallest absolute Gasteiger partial charge is 0.189 e. The predicted molar refractivity (Wildman–Crippen MR) is 133 cm³/mol. The van der Waals surface area contributed by atoms with Crippen LogP contribution < -0.4 is 11.1 Å². The number of hydrogen-bond acceptors (Lipinski definition) is 8. The summed E-state index contributed by atoms with van der Waals surface area (Å²) in [6.45, 7) is 3.28. The number of sulfone groups is 1. The van der Waals surface area contributed by atoms with Crippen molar-refractivity contribution in [2.45, 2.75) is 30.5 Å². The zero-order valence-electron chi connectivity index (χ0n) is 19.7. The maximum absolute atomic E-state index is 14.7. The second-order valence-corrected chi connectivity index (χ2v) is 10.9. The highest BCUT2D eigenvalue weighted by Crippen LogP contribution is 2.31. The van der Waals surface area contributed by atoms with Gasteiger partial charge in [-0.05, 0) is 43.7 Å². The van der Waals surface area contributed by atoms with Gasteiger partial charge in [-0.25, -0.2) is 27.2 Å². The number of nitrogens with two attached hydrogens (primary N) is 1. The Hall–Kier alpha value is -3.70. The summed E-state index contributed by atoms with van der Waals surface area (Å²) in [4.78, 5) is 8.92. The second kappa shape index (κ2) is 10.5. The quantitative estimate of drug-likeness (QED) is 0.315. The fraction of sp³-hybridized carbons (Fsp3) is 0.240. The molecule has 0 spiro atoms. The average molecular weight is 514 g/mol. The first kappa shape index (κ1) is 25.4. The molecule has 2 aromatic heterocycles. The number of nitrogen functional groups attached to an aromatic ring is 1. The molecule has 0 unspecified atom stereocenters. The van der Waals surface area contributed by atoms with Crippen LogP contribution in [-0.4, -0.2) is 42.0 Å². The number of hydrogen-bond donors (Lipinski definition) is 2. The molecule has 36 heavy (non-hydrogen) atoms. The van der Waals surface area contributed by atoms with E-state index in [1.54, 1.807) is 38.1 Å². The van der Waals surface area contributed by atoms with E-state index in [1.807, 2.05) is 0 Å². The number of anilines is 1. The van der Waals surface area contributed by atoms with E-state index in [1.165, 1.54) is 30.5 Å². The molecule has 4 aromatic rings. The number of alkyl halides is 1. The van der Waals surface area contributed by atoms with E-state index in [4.69, 9.17) is 10.3 Å². The normalized spacial score (nSPS) is 11.8. The van der Waals surface area contributed by atoms with E-state index in [9.17, 15) is 17.2 Å². The van der Waals surface area contributed by atoms with Gasteiger partial charge in [0.05, 0.1) is 22.0 Å². The van der Waals surface area contributed by atoms with Crippen LogP contribution in [0.15, 0.2) is 64.1 Å². The monoisotopic (exact) mass is 513 g/mol. The van der Waals surface area contributed by atoms with Gasteiger partial charge in [-0.3, -0.25) is 0 Å². The predicted octanol–water partition coefficient (Wildman–Crippen LogP) is 4.43. The third kappa shape index (κ3) is 5.26. The SMILES string of the molecule is CC(C)S(=O)(=O)c1ccc(-c2cnc(N)c(-c3cc(-c4ccc(CNCCF)cc4F)no3)n2)cc1. The third-order valence-electron chi connectivity index (χ3n) is 5.55. The number of halogens is 2. The molecule has 0 atom stereocenters. The van der Waals surface area contributed by atoms with Crippen LogP contribution in [0.4, 0.5) is 14.6 Å². The zero-order valence-corrected chi connectivity index (χ0v) is 20.5. The highest BCUT2D eigenvalue weighted by Gasteiger charge is 2.20. The largest absolute Gasteiger partial charge is 0.382 e. The Bertz CT molecular complexity index is 1470. The summed E-state index contributed by atoms with van der Waals surface area (Å²) < 4.78 is 57.1. The molecule has 0 radical (unpaired) electrons. The first-order valence-corrected chi connectivity index (χ1v) is 12.7. The van der Waals surface area contributed by atoms with Crippen molar-refractivity contribution >= 4 is 15.7 Å². The maximum atomic E-state index is 14.7. The van der Waals surface area contributed by atoms with Crippen LogP contribution in [0.3, 0.4) is 0 Å². The first-order chi connectivity index (χ1) is 17.2. The molecule has 0 bridgehead atoms. The van der Waals surface area contributed by atoms with Gasteiger partial charge < -0.3 is 15.6 Å². The van der Waals surface area contributed by atoms with E-state index >= 15 is 0 Å². The van der Waals surface area contributed by atoms with Crippen LogP contribution in [-0.2, 0) is 16.4 Å². The van der Waals surface area contributed by atoms with Gasteiger partial charge in [0.2, 0.25) is 0 Å². The molecule has 11 heteroatoms. The van der Waals surface area contributed by atoms with E-state index in [0.29, 0.717) is 23.4 Å². The van der Waals surface area contributed by atoms with E-state index in [-0.39, 0.29) is 40.0 Å². The summed E-state index contributed by atoms with van der Waals surface area (Å²) in [6, 6.07) is 12.5. The lowest BCUT2D eigenvalue weighted by Crippen LogP contribution is -2.16. The molecule has 0 saturated carbocycles. The van der Waals surface area contributed by atoms with Crippen LogP contribution in [0.1, 0.15) is 19.4 Å². The minimum absolute atomic E-state index is 0.0928. The van der Waals surface area contributed by atoms with Crippen molar-refractivity contribution in [3.63, 3.8) is 0 Å². The van der Waals surface area contributed by atoms with Gasteiger partial charge in [-0.2, -0.15) is 0 Å². The topological polar surface area (TPSA) is 124 Å². The van der Waals surface area contributed by atoms with E-state index in [2.05, 4.69) is 20.4 Å². The third-order valence-corrected chi connectivity index (χ3v) is 7.72. The minimum atomic E-state index is -3.40. The van der Waals surface area contributed by atoms with Gasteiger partial charge in [0.25, 0.3) is 0 Å². The lowest BCUT2D eigenvalue weighted by molar-refractivity contribution is 0.433. The Balaban J connectivity index is 1.60. The number of rotatable bonds is 9. The second-order valence-electron chi connectivity index (χ2n) is 8.36. The number of nitrogens with one attached hydrogen (secondary N) is 1. The fourth-order valence-corrected chi connectivity index (χ4v) is 4.56. The fourth-order valence-electron chi connectivity index (χ4n) is 3.50. The molecular weight excluding hydrogens is 488 g/mol. The summed E-state index contributed by atoms with van der Waals surface area (Å²) in [5.41, 5.74) is 8.47. The van der Waals surface area contributed by atoms with Crippen molar-refractivity contribution in [1.82, 2.24) is 20.4 Å². The van der Waals surface area contributed by atoms with Crippen molar-refractivity contribution in [3.05, 3.63) is 66.1 Å². The Morgan fingerprint density at radius 1 is 1.08 bits per heavy atom. The van der Waals surface area contributed by atoms with Crippen LogP contribution in [0, 0.1) is 5.82 Å². The van der Waals surface area contributed by atoms with Crippen molar-refractivity contribution in [2.24, 2.45) is 0 Å². The first-order valence-electron chi connectivity index (χ1n) is 11.2. The van der Waals surface area contributed by atoms with Gasteiger partial charge in [-0.15, -0.1) is 0 Å². The Morgan fingerprint density at radius 2 is 1.83 bits per heavy atom. The minimum Gasteiger partial charge on any atom is -0.382 e. The number of nitrogens with zero attached hydrogens (tertiary/aromatic N) is 3. The highest BCUT2D eigenvalue weighted by molar-refractivity contribution is 7.92. The molecular formula is C25H25F2N5O3S. The van der Waals surface area contributed by atoms with Crippen molar-refractivity contribution in [2.75, 3.05) is 19.0 Å². The molecule has 188 valence electrons. The number of benzene rings is 2. The van der Waals surface area contributed by atoms with Gasteiger partial charge in [0, 0.05) is 30.3 Å². The lowest BCUT2D eigenvalue weighted by Gasteiger charge is -2.09. The lowest BCUT2D eigenvalue weighted by atomic mass is 10.1. The van der Waals surface area contributed by atoms with Gasteiger partial charge in [0.15, 0.2) is 27.1 Å². The molecule has 0 aliphatic carbocycles. The molecule has 0 fully saturated rings. The molecule has 2 heterocycles. The molecule has 0 aliphatic heterocycles. The molecule has 0 amide bonds. The number of aromatic nitrogens is 3. The van der Waals surface area contributed by atoms with Crippen LogP contribution >= 0.6 is 0 Å². The van der Waals surface area contributed by atoms with Crippen LogP contribution in [0.5, 0.6) is 0 Å².